The minimum atomic E-state index is -0.243. The quantitative estimate of drug-likeness (QED) is 0.784. The van der Waals surface area contributed by atoms with E-state index in [4.69, 9.17) is 9.15 Å². The number of rotatable bonds is 4. The predicted molar refractivity (Wildman–Crippen MR) is 64.9 cm³/mol. The molecule has 0 saturated heterocycles. The number of carbonyl (C=O) groups is 1. The number of furan rings is 1. The maximum Gasteiger partial charge on any atom is 0.312 e. The summed E-state index contributed by atoms with van der Waals surface area (Å²) in [6.45, 7) is 4.15. The number of nitrogens with zero attached hydrogens (tertiary/aromatic N) is 1. The van der Waals surface area contributed by atoms with E-state index in [9.17, 15) is 4.79 Å². The van der Waals surface area contributed by atoms with Crippen LogP contribution in [0.3, 0.4) is 0 Å². The minimum Gasteiger partial charge on any atom is -0.466 e. The van der Waals surface area contributed by atoms with Crippen molar-refractivity contribution < 1.29 is 13.9 Å². The molecule has 0 unspecified atom stereocenters. The van der Waals surface area contributed by atoms with Crippen molar-refractivity contribution in [2.75, 3.05) is 6.61 Å². The third-order valence-corrected chi connectivity index (χ3v) is 3.17. The van der Waals surface area contributed by atoms with Crippen LogP contribution in [0.15, 0.2) is 22.8 Å². The minimum absolute atomic E-state index is 0.222. The van der Waals surface area contributed by atoms with Crippen LogP contribution >= 0.6 is 11.3 Å². The Morgan fingerprint density at radius 3 is 3.06 bits per heavy atom. The summed E-state index contributed by atoms with van der Waals surface area (Å²) in [6, 6.07) is 3.68. The van der Waals surface area contributed by atoms with Crippen LogP contribution in [-0.4, -0.2) is 17.6 Å². The largest absolute Gasteiger partial charge is 0.466 e. The number of hydrogen-bond donors (Lipinski definition) is 0. The van der Waals surface area contributed by atoms with Gasteiger partial charge < -0.3 is 9.15 Å². The molecule has 5 heteroatoms. The van der Waals surface area contributed by atoms with Crippen LogP contribution in [0, 0.1) is 6.92 Å². The van der Waals surface area contributed by atoms with Crippen molar-refractivity contribution in [2.24, 2.45) is 0 Å². The van der Waals surface area contributed by atoms with E-state index in [-0.39, 0.29) is 12.4 Å². The second-order valence-corrected chi connectivity index (χ2v) is 4.76. The Morgan fingerprint density at radius 1 is 1.59 bits per heavy atom. The molecule has 0 aliphatic heterocycles. The van der Waals surface area contributed by atoms with Gasteiger partial charge in [-0.15, -0.1) is 11.3 Å². The van der Waals surface area contributed by atoms with Crippen molar-refractivity contribution in [3.05, 3.63) is 28.3 Å². The molecule has 0 atom stereocenters. The van der Waals surface area contributed by atoms with Gasteiger partial charge in [-0.25, -0.2) is 4.98 Å². The molecule has 0 aliphatic carbocycles. The molecule has 4 nitrogen and oxygen atoms in total. The standard InChI is InChI=1S/C12H13NO3S/c1-3-15-11(14)7-10-13-12(8(2)17-10)9-5-4-6-16-9/h4-6H,3,7H2,1-2H3. The Balaban J connectivity index is 2.17. The molecule has 2 aromatic rings. The molecule has 0 aromatic carbocycles. The number of hydrogen-bond acceptors (Lipinski definition) is 5. The SMILES string of the molecule is CCOC(=O)Cc1nc(-c2ccco2)c(C)s1. The van der Waals surface area contributed by atoms with E-state index in [0.717, 1.165) is 21.3 Å². The zero-order chi connectivity index (χ0) is 12.3. The smallest absolute Gasteiger partial charge is 0.312 e. The molecule has 0 spiro atoms. The van der Waals surface area contributed by atoms with E-state index in [1.165, 1.54) is 11.3 Å². The Labute approximate surface area is 103 Å². The highest BCUT2D eigenvalue weighted by atomic mass is 32.1. The number of esters is 1. The Bertz CT molecular complexity index is 502. The van der Waals surface area contributed by atoms with Gasteiger partial charge in [-0.1, -0.05) is 0 Å². The van der Waals surface area contributed by atoms with Gasteiger partial charge >= 0.3 is 5.97 Å². The fourth-order valence-electron chi connectivity index (χ4n) is 1.50. The van der Waals surface area contributed by atoms with Gasteiger partial charge in [-0.2, -0.15) is 0 Å². The maximum absolute atomic E-state index is 11.3. The molecule has 0 bridgehead atoms. The molecule has 0 radical (unpaired) electrons. The topological polar surface area (TPSA) is 52.3 Å². The highest BCUT2D eigenvalue weighted by Crippen LogP contribution is 2.28. The van der Waals surface area contributed by atoms with Crippen LogP contribution in [0.1, 0.15) is 16.8 Å². The van der Waals surface area contributed by atoms with Crippen molar-refractivity contribution in [1.82, 2.24) is 4.98 Å². The summed E-state index contributed by atoms with van der Waals surface area (Å²) in [5.41, 5.74) is 0.805. The zero-order valence-corrected chi connectivity index (χ0v) is 10.5. The molecule has 0 N–H and O–H groups in total. The number of aryl methyl sites for hydroxylation is 1. The summed E-state index contributed by atoms with van der Waals surface area (Å²) in [5, 5.41) is 0.757. The second kappa shape index (κ2) is 5.14. The average molecular weight is 251 g/mol. The summed E-state index contributed by atoms with van der Waals surface area (Å²) in [4.78, 5) is 16.8. The fraction of sp³-hybridized carbons (Fsp3) is 0.333. The van der Waals surface area contributed by atoms with E-state index in [1.807, 2.05) is 19.1 Å². The Hall–Kier alpha value is -1.62. The van der Waals surface area contributed by atoms with Crippen LogP contribution in [0.4, 0.5) is 0 Å². The van der Waals surface area contributed by atoms with Crippen LogP contribution in [-0.2, 0) is 16.0 Å². The van der Waals surface area contributed by atoms with Gasteiger partial charge in [0, 0.05) is 4.88 Å². The first-order valence-corrected chi connectivity index (χ1v) is 6.18. The first-order valence-electron chi connectivity index (χ1n) is 5.36. The molecular weight excluding hydrogens is 238 g/mol. The van der Waals surface area contributed by atoms with Crippen molar-refractivity contribution in [2.45, 2.75) is 20.3 Å². The lowest BCUT2D eigenvalue weighted by Gasteiger charge is -1.97. The van der Waals surface area contributed by atoms with Crippen molar-refractivity contribution in [3.63, 3.8) is 0 Å². The van der Waals surface area contributed by atoms with E-state index in [2.05, 4.69) is 4.98 Å². The molecule has 2 aromatic heterocycles. The molecule has 2 rings (SSSR count). The van der Waals surface area contributed by atoms with Crippen molar-refractivity contribution in [3.8, 4) is 11.5 Å². The Morgan fingerprint density at radius 2 is 2.41 bits per heavy atom. The molecule has 0 fully saturated rings. The summed E-state index contributed by atoms with van der Waals surface area (Å²) in [7, 11) is 0. The summed E-state index contributed by atoms with van der Waals surface area (Å²) in [5.74, 6) is 0.487. The van der Waals surface area contributed by atoms with Crippen molar-refractivity contribution >= 4 is 17.3 Å². The lowest BCUT2D eigenvalue weighted by atomic mass is 10.3. The van der Waals surface area contributed by atoms with Gasteiger partial charge in [0.15, 0.2) is 5.76 Å². The van der Waals surface area contributed by atoms with Crippen LogP contribution in [0.2, 0.25) is 0 Å². The second-order valence-electron chi connectivity index (χ2n) is 3.47. The van der Waals surface area contributed by atoms with E-state index >= 15 is 0 Å². The van der Waals surface area contributed by atoms with Crippen LogP contribution in [0.5, 0.6) is 0 Å². The number of ether oxygens (including phenoxy) is 1. The molecular formula is C12H13NO3S. The van der Waals surface area contributed by atoms with Gasteiger partial charge in [-0.3, -0.25) is 4.79 Å². The molecule has 0 saturated carbocycles. The molecule has 90 valence electrons. The number of aromatic nitrogens is 1. The maximum atomic E-state index is 11.3. The third kappa shape index (κ3) is 2.74. The first kappa shape index (κ1) is 11.9. The van der Waals surface area contributed by atoms with Gasteiger partial charge in [0.05, 0.1) is 19.3 Å². The average Bonchev–Trinajstić information content (AvgIpc) is 2.87. The Kier molecular flexibility index (Phi) is 3.58. The molecule has 17 heavy (non-hydrogen) atoms. The normalized spacial score (nSPS) is 10.5. The van der Waals surface area contributed by atoms with Gasteiger partial charge in [0.25, 0.3) is 0 Å². The lowest BCUT2D eigenvalue weighted by molar-refractivity contribution is -0.142. The lowest BCUT2D eigenvalue weighted by Crippen LogP contribution is -2.07. The highest BCUT2D eigenvalue weighted by Gasteiger charge is 2.14. The fourth-order valence-corrected chi connectivity index (χ4v) is 2.43. The molecule has 2 heterocycles. The van der Waals surface area contributed by atoms with E-state index < -0.39 is 0 Å². The van der Waals surface area contributed by atoms with Crippen molar-refractivity contribution in [1.29, 1.82) is 0 Å². The summed E-state index contributed by atoms with van der Waals surface area (Å²) < 4.78 is 10.2. The van der Waals surface area contributed by atoms with E-state index in [0.29, 0.717) is 6.61 Å². The predicted octanol–water partition coefficient (Wildman–Crippen LogP) is 2.82. The van der Waals surface area contributed by atoms with Gasteiger partial charge in [0.1, 0.15) is 10.7 Å². The molecule has 0 aliphatic rings. The summed E-state index contributed by atoms with van der Waals surface area (Å²) in [6.07, 6.45) is 1.83. The summed E-state index contributed by atoms with van der Waals surface area (Å²) >= 11 is 1.49. The van der Waals surface area contributed by atoms with Crippen LogP contribution in [0.25, 0.3) is 11.5 Å². The van der Waals surface area contributed by atoms with Crippen LogP contribution < -0.4 is 0 Å². The van der Waals surface area contributed by atoms with Gasteiger partial charge in [0.2, 0.25) is 0 Å². The number of carbonyl (C=O) groups excluding carboxylic acids is 1. The number of thiazole rings is 1. The first-order chi connectivity index (χ1) is 8.20. The van der Waals surface area contributed by atoms with E-state index in [1.54, 1.807) is 13.2 Å². The monoisotopic (exact) mass is 251 g/mol. The third-order valence-electron chi connectivity index (χ3n) is 2.20. The highest BCUT2D eigenvalue weighted by molar-refractivity contribution is 7.12. The molecule has 0 amide bonds. The van der Waals surface area contributed by atoms with Gasteiger partial charge in [-0.05, 0) is 26.0 Å². The zero-order valence-electron chi connectivity index (χ0n) is 9.73.